The number of hydrogen-bond acceptors (Lipinski definition) is 4. The maximum Gasteiger partial charge on any atom is 0.149 e. The summed E-state index contributed by atoms with van der Waals surface area (Å²) in [6.45, 7) is 2.21. The second kappa shape index (κ2) is 2.80. The normalized spacial score (nSPS) is 25.6. The SMILES string of the molecule is CC1CC1Nc1ccc(N)c(N)n1. The predicted octanol–water partition coefficient (Wildman–Crippen LogP) is 1.07. The molecule has 1 fully saturated rings. The first kappa shape index (κ1) is 8.16. The molecule has 1 heterocycles. The standard InChI is InChI=1S/C9H14N4/c1-5-4-7(5)12-8-3-2-6(10)9(11)13-8/h2-3,5,7H,4,10H2,1H3,(H3,11,12,13). The Morgan fingerprint density at radius 1 is 1.46 bits per heavy atom. The van der Waals surface area contributed by atoms with Gasteiger partial charge in [0.25, 0.3) is 0 Å². The monoisotopic (exact) mass is 178 g/mol. The van der Waals surface area contributed by atoms with Crippen molar-refractivity contribution in [3.05, 3.63) is 12.1 Å². The van der Waals surface area contributed by atoms with Crippen molar-refractivity contribution >= 4 is 17.3 Å². The van der Waals surface area contributed by atoms with Crippen LogP contribution < -0.4 is 16.8 Å². The Labute approximate surface area is 77.3 Å². The van der Waals surface area contributed by atoms with Gasteiger partial charge >= 0.3 is 0 Å². The van der Waals surface area contributed by atoms with Crippen LogP contribution >= 0.6 is 0 Å². The minimum Gasteiger partial charge on any atom is -0.396 e. The van der Waals surface area contributed by atoms with Gasteiger partial charge in [0, 0.05) is 6.04 Å². The number of aromatic nitrogens is 1. The van der Waals surface area contributed by atoms with E-state index in [4.69, 9.17) is 11.5 Å². The molecular weight excluding hydrogens is 164 g/mol. The molecule has 1 saturated carbocycles. The van der Waals surface area contributed by atoms with Gasteiger partial charge in [-0.25, -0.2) is 4.98 Å². The van der Waals surface area contributed by atoms with Crippen molar-refractivity contribution < 1.29 is 0 Å². The Balaban J connectivity index is 2.08. The Hall–Kier alpha value is -1.45. The van der Waals surface area contributed by atoms with Gasteiger partial charge in [-0.05, 0) is 24.5 Å². The summed E-state index contributed by atoms with van der Waals surface area (Å²) in [6, 6.07) is 4.20. The molecule has 0 aliphatic heterocycles. The fourth-order valence-corrected chi connectivity index (χ4v) is 1.28. The lowest BCUT2D eigenvalue weighted by Crippen LogP contribution is -2.07. The molecule has 0 amide bonds. The van der Waals surface area contributed by atoms with Crippen molar-refractivity contribution in [3.63, 3.8) is 0 Å². The molecule has 1 aliphatic rings. The van der Waals surface area contributed by atoms with Gasteiger partial charge in [0.1, 0.15) is 11.6 Å². The molecule has 4 heteroatoms. The third-order valence-electron chi connectivity index (χ3n) is 2.40. The van der Waals surface area contributed by atoms with Crippen LogP contribution in [0.2, 0.25) is 0 Å². The first-order valence-corrected chi connectivity index (χ1v) is 4.45. The molecule has 0 radical (unpaired) electrons. The van der Waals surface area contributed by atoms with Crippen LogP contribution in [0.5, 0.6) is 0 Å². The maximum atomic E-state index is 5.58. The minimum atomic E-state index is 0.401. The fraction of sp³-hybridized carbons (Fsp3) is 0.444. The van der Waals surface area contributed by atoms with Crippen molar-refractivity contribution in [2.45, 2.75) is 19.4 Å². The molecular formula is C9H14N4. The van der Waals surface area contributed by atoms with Crippen LogP contribution in [-0.2, 0) is 0 Å². The Morgan fingerprint density at radius 3 is 2.69 bits per heavy atom. The second-order valence-corrected chi connectivity index (χ2v) is 3.63. The molecule has 1 aromatic heterocycles. The zero-order valence-corrected chi connectivity index (χ0v) is 7.62. The van der Waals surface area contributed by atoms with Gasteiger partial charge in [0.2, 0.25) is 0 Å². The lowest BCUT2D eigenvalue weighted by molar-refractivity contribution is 0.924. The van der Waals surface area contributed by atoms with E-state index >= 15 is 0 Å². The van der Waals surface area contributed by atoms with Crippen molar-refractivity contribution in [3.8, 4) is 0 Å². The van der Waals surface area contributed by atoms with Gasteiger partial charge in [-0.15, -0.1) is 0 Å². The lowest BCUT2D eigenvalue weighted by Gasteiger charge is -2.05. The van der Waals surface area contributed by atoms with Crippen LogP contribution in [0, 0.1) is 5.92 Å². The van der Waals surface area contributed by atoms with E-state index in [9.17, 15) is 0 Å². The van der Waals surface area contributed by atoms with Crippen LogP contribution in [0.3, 0.4) is 0 Å². The molecule has 2 rings (SSSR count). The van der Waals surface area contributed by atoms with Gasteiger partial charge in [-0.2, -0.15) is 0 Å². The van der Waals surface area contributed by atoms with E-state index < -0.39 is 0 Å². The summed E-state index contributed by atoms with van der Waals surface area (Å²) in [5.41, 5.74) is 11.7. The molecule has 1 aromatic rings. The van der Waals surface area contributed by atoms with Gasteiger partial charge in [-0.1, -0.05) is 6.92 Å². The molecule has 13 heavy (non-hydrogen) atoms. The highest BCUT2D eigenvalue weighted by molar-refractivity contribution is 5.61. The number of pyridine rings is 1. The zero-order chi connectivity index (χ0) is 9.42. The highest BCUT2D eigenvalue weighted by Gasteiger charge is 2.32. The highest BCUT2D eigenvalue weighted by atomic mass is 15.1. The Morgan fingerprint density at radius 2 is 2.15 bits per heavy atom. The largest absolute Gasteiger partial charge is 0.396 e. The van der Waals surface area contributed by atoms with Crippen LogP contribution in [-0.4, -0.2) is 11.0 Å². The summed E-state index contributed by atoms with van der Waals surface area (Å²) in [7, 11) is 0. The third kappa shape index (κ3) is 1.66. The first-order valence-electron chi connectivity index (χ1n) is 4.45. The number of nitrogens with one attached hydrogen (secondary N) is 1. The van der Waals surface area contributed by atoms with Gasteiger partial charge in [-0.3, -0.25) is 0 Å². The van der Waals surface area contributed by atoms with Crippen LogP contribution in [0.1, 0.15) is 13.3 Å². The fourth-order valence-electron chi connectivity index (χ4n) is 1.28. The summed E-state index contributed by atoms with van der Waals surface area (Å²) >= 11 is 0. The van der Waals surface area contributed by atoms with Gasteiger partial charge in [0.15, 0.2) is 0 Å². The molecule has 0 saturated heterocycles. The molecule has 2 atom stereocenters. The molecule has 70 valence electrons. The highest BCUT2D eigenvalue weighted by Crippen LogP contribution is 2.32. The van der Waals surface area contributed by atoms with Crippen molar-refractivity contribution in [2.75, 3.05) is 16.8 Å². The van der Waals surface area contributed by atoms with Crippen molar-refractivity contribution in [1.82, 2.24) is 4.98 Å². The quantitative estimate of drug-likeness (QED) is 0.633. The number of anilines is 3. The number of nitrogens with zero attached hydrogens (tertiary/aromatic N) is 1. The predicted molar refractivity (Wildman–Crippen MR) is 54.3 cm³/mol. The second-order valence-electron chi connectivity index (χ2n) is 3.63. The first-order chi connectivity index (χ1) is 6.16. The smallest absolute Gasteiger partial charge is 0.149 e. The van der Waals surface area contributed by atoms with Crippen molar-refractivity contribution in [2.24, 2.45) is 5.92 Å². The molecule has 5 N–H and O–H groups in total. The molecule has 2 unspecified atom stereocenters. The average Bonchev–Trinajstić information content (AvgIpc) is 2.75. The average molecular weight is 178 g/mol. The third-order valence-corrected chi connectivity index (χ3v) is 2.40. The van der Waals surface area contributed by atoms with E-state index in [2.05, 4.69) is 17.2 Å². The van der Waals surface area contributed by atoms with E-state index in [0.717, 1.165) is 11.7 Å². The summed E-state index contributed by atoms with van der Waals surface area (Å²) in [5, 5.41) is 3.29. The minimum absolute atomic E-state index is 0.401. The van der Waals surface area contributed by atoms with Gasteiger partial charge in [0.05, 0.1) is 5.69 Å². The number of nitrogens with two attached hydrogens (primary N) is 2. The van der Waals surface area contributed by atoms with E-state index in [1.54, 1.807) is 6.07 Å². The molecule has 0 bridgehead atoms. The number of nitrogen functional groups attached to an aromatic ring is 2. The number of rotatable bonds is 2. The lowest BCUT2D eigenvalue weighted by atomic mass is 10.4. The summed E-state index contributed by atoms with van der Waals surface area (Å²) in [4.78, 5) is 4.13. The maximum absolute atomic E-state index is 5.58. The molecule has 0 aromatic carbocycles. The van der Waals surface area contributed by atoms with Crippen LogP contribution in [0.25, 0.3) is 0 Å². The summed E-state index contributed by atoms with van der Waals surface area (Å²) in [5.74, 6) is 1.97. The van der Waals surface area contributed by atoms with Crippen LogP contribution in [0.4, 0.5) is 17.3 Å². The number of hydrogen-bond donors (Lipinski definition) is 3. The van der Waals surface area contributed by atoms with Crippen molar-refractivity contribution in [1.29, 1.82) is 0 Å². The topological polar surface area (TPSA) is 77.0 Å². The molecule has 4 nitrogen and oxygen atoms in total. The van der Waals surface area contributed by atoms with Crippen LogP contribution in [0.15, 0.2) is 12.1 Å². The molecule has 0 spiro atoms. The zero-order valence-electron chi connectivity index (χ0n) is 7.62. The Kier molecular flexibility index (Phi) is 1.76. The van der Waals surface area contributed by atoms with E-state index in [-0.39, 0.29) is 0 Å². The van der Waals surface area contributed by atoms with Gasteiger partial charge < -0.3 is 16.8 Å². The Bertz CT molecular complexity index is 323. The van der Waals surface area contributed by atoms with E-state index in [1.807, 2.05) is 6.07 Å². The summed E-state index contributed by atoms with van der Waals surface area (Å²) in [6.07, 6.45) is 1.21. The van der Waals surface area contributed by atoms with E-state index in [1.165, 1.54) is 6.42 Å². The van der Waals surface area contributed by atoms with E-state index in [0.29, 0.717) is 17.5 Å². The summed E-state index contributed by atoms with van der Waals surface area (Å²) < 4.78 is 0. The molecule has 1 aliphatic carbocycles.